The van der Waals surface area contributed by atoms with Crippen molar-refractivity contribution in [2.24, 2.45) is 0 Å². The van der Waals surface area contributed by atoms with Crippen LogP contribution in [0, 0.1) is 13.8 Å². The van der Waals surface area contributed by atoms with Crippen LogP contribution < -0.4 is 10.1 Å². The lowest BCUT2D eigenvalue weighted by atomic mass is 10.1. The second-order valence-corrected chi connectivity index (χ2v) is 8.70. The summed E-state index contributed by atoms with van der Waals surface area (Å²) in [5.41, 5.74) is 5.15. The van der Waals surface area contributed by atoms with E-state index in [1.54, 1.807) is 6.20 Å². The smallest absolute Gasteiger partial charge is 0.267 e. The highest BCUT2D eigenvalue weighted by molar-refractivity contribution is 7.14. The maximum atomic E-state index is 12.6. The molecule has 0 aliphatic rings. The predicted molar refractivity (Wildman–Crippen MR) is 122 cm³/mol. The van der Waals surface area contributed by atoms with E-state index in [-0.39, 0.29) is 5.91 Å². The van der Waals surface area contributed by atoms with Crippen LogP contribution in [0.25, 0.3) is 11.3 Å². The molecular formula is C22H22N4O2S2. The lowest BCUT2D eigenvalue weighted by Gasteiger charge is -2.07. The third kappa shape index (κ3) is 4.60. The number of nitrogens with zero attached hydrogens (tertiary/aromatic N) is 3. The number of anilines is 1. The molecule has 3 aromatic heterocycles. The molecule has 30 heavy (non-hydrogen) atoms. The zero-order valence-electron chi connectivity index (χ0n) is 17.0. The molecule has 8 heteroatoms. The molecule has 154 valence electrons. The fraction of sp³-hybridized carbons (Fsp3) is 0.227. The van der Waals surface area contributed by atoms with Gasteiger partial charge in [-0.1, -0.05) is 6.07 Å². The molecule has 6 nitrogen and oxygen atoms in total. The van der Waals surface area contributed by atoms with Crippen molar-refractivity contribution >= 4 is 33.7 Å². The van der Waals surface area contributed by atoms with Gasteiger partial charge in [-0.25, -0.2) is 4.98 Å². The number of amides is 1. The Morgan fingerprint density at radius 2 is 2.03 bits per heavy atom. The highest BCUT2D eigenvalue weighted by Gasteiger charge is 2.13. The van der Waals surface area contributed by atoms with Crippen molar-refractivity contribution in [2.45, 2.75) is 33.9 Å². The number of thiazole rings is 1. The van der Waals surface area contributed by atoms with E-state index in [4.69, 9.17) is 4.74 Å². The summed E-state index contributed by atoms with van der Waals surface area (Å²) in [6.45, 7) is 7.41. The second-order valence-electron chi connectivity index (χ2n) is 6.93. The van der Waals surface area contributed by atoms with Gasteiger partial charge in [-0.05, 0) is 55.5 Å². The summed E-state index contributed by atoms with van der Waals surface area (Å²) in [6.07, 6.45) is 3.73. The van der Waals surface area contributed by atoms with E-state index < -0.39 is 0 Å². The first kappa shape index (κ1) is 20.3. The van der Waals surface area contributed by atoms with Crippen molar-refractivity contribution in [2.75, 3.05) is 5.32 Å². The summed E-state index contributed by atoms with van der Waals surface area (Å²) in [5.74, 6) is 0.666. The molecule has 0 aliphatic heterocycles. The molecular weight excluding hydrogens is 416 g/mol. The van der Waals surface area contributed by atoms with E-state index in [1.807, 2.05) is 52.8 Å². The standard InChI is InChI=1S/C22H22N4O2S2/c1-4-26-10-17(9-23-26)19-13-30-22(24-19)25-21(27)20-8-16(12-29-20)11-28-18-6-5-14(2)15(3)7-18/h5-10,12-13H,4,11H2,1-3H3,(H,24,25,27). The number of hydrogen-bond donors (Lipinski definition) is 1. The monoisotopic (exact) mass is 438 g/mol. The van der Waals surface area contributed by atoms with Gasteiger partial charge in [-0.2, -0.15) is 5.10 Å². The van der Waals surface area contributed by atoms with Gasteiger partial charge in [0, 0.05) is 29.2 Å². The zero-order valence-corrected chi connectivity index (χ0v) is 18.6. The van der Waals surface area contributed by atoms with Crippen LogP contribution in [-0.2, 0) is 13.2 Å². The van der Waals surface area contributed by atoms with Crippen LogP contribution in [0.2, 0.25) is 0 Å². The van der Waals surface area contributed by atoms with Gasteiger partial charge in [0.05, 0.1) is 16.8 Å². The molecule has 0 atom stereocenters. The molecule has 3 heterocycles. The van der Waals surface area contributed by atoms with Crippen molar-refractivity contribution in [1.29, 1.82) is 0 Å². The van der Waals surface area contributed by atoms with Crippen molar-refractivity contribution in [3.05, 3.63) is 69.0 Å². The van der Waals surface area contributed by atoms with Crippen LogP contribution in [0.4, 0.5) is 5.13 Å². The number of carbonyl (C=O) groups excluding carboxylic acids is 1. The minimum Gasteiger partial charge on any atom is -0.489 e. The number of hydrogen-bond acceptors (Lipinski definition) is 6. The van der Waals surface area contributed by atoms with Crippen LogP contribution in [0.15, 0.2) is 47.4 Å². The molecule has 0 saturated carbocycles. The molecule has 0 aliphatic carbocycles. The molecule has 4 rings (SSSR count). The molecule has 0 radical (unpaired) electrons. The molecule has 1 amide bonds. The van der Waals surface area contributed by atoms with Crippen molar-refractivity contribution in [3.8, 4) is 17.0 Å². The van der Waals surface area contributed by atoms with Gasteiger partial charge in [0.2, 0.25) is 0 Å². The van der Waals surface area contributed by atoms with E-state index in [9.17, 15) is 4.79 Å². The SMILES string of the molecule is CCn1cc(-c2csc(NC(=O)c3cc(COc4ccc(C)c(C)c4)cs3)n2)cn1. The van der Waals surface area contributed by atoms with E-state index in [0.717, 1.165) is 29.1 Å². The largest absolute Gasteiger partial charge is 0.489 e. The number of nitrogens with one attached hydrogen (secondary N) is 1. The normalized spacial score (nSPS) is 10.9. The average Bonchev–Trinajstić information content (AvgIpc) is 3.49. The molecule has 0 fully saturated rings. The molecule has 0 saturated heterocycles. The van der Waals surface area contributed by atoms with Crippen molar-refractivity contribution in [1.82, 2.24) is 14.8 Å². The van der Waals surface area contributed by atoms with E-state index in [1.165, 1.54) is 33.8 Å². The zero-order chi connectivity index (χ0) is 21.1. The third-order valence-electron chi connectivity index (χ3n) is 4.74. The Morgan fingerprint density at radius 3 is 2.80 bits per heavy atom. The van der Waals surface area contributed by atoms with Gasteiger partial charge >= 0.3 is 0 Å². The fourth-order valence-corrected chi connectivity index (χ4v) is 4.34. The van der Waals surface area contributed by atoms with E-state index in [2.05, 4.69) is 29.2 Å². The fourth-order valence-electron chi connectivity index (χ4n) is 2.83. The van der Waals surface area contributed by atoms with Gasteiger partial charge in [0.25, 0.3) is 5.91 Å². The first-order valence-corrected chi connectivity index (χ1v) is 11.3. The number of benzene rings is 1. The summed E-state index contributed by atoms with van der Waals surface area (Å²) in [6, 6.07) is 7.90. The summed E-state index contributed by atoms with van der Waals surface area (Å²) >= 11 is 2.80. The van der Waals surface area contributed by atoms with E-state index >= 15 is 0 Å². The molecule has 4 aromatic rings. The number of aromatic nitrogens is 3. The number of thiophene rings is 1. The van der Waals surface area contributed by atoms with Gasteiger partial charge in [-0.15, -0.1) is 22.7 Å². The number of aryl methyl sites for hydroxylation is 3. The van der Waals surface area contributed by atoms with Gasteiger partial charge in [0.15, 0.2) is 5.13 Å². The van der Waals surface area contributed by atoms with Crippen LogP contribution >= 0.6 is 22.7 Å². The maximum Gasteiger partial charge on any atom is 0.267 e. The topological polar surface area (TPSA) is 69.0 Å². The third-order valence-corrected chi connectivity index (χ3v) is 6.47. The van der Waals surface area contributed by atoms with Gasteiger partial charge in [0.1, 0.15) is 12.4 Å². The first-order valence-electron chi connectivity index (χ1n) is 9.59. The first-order chi connectivity index (χ1) is 14.5. The number of carbonyl (C=O) groups is 1. The molecule has 1 aromatic carbocycles. The second kappa shape index (κ2) is 8.81. The highest BCUT2D eigenvalue weighted by atomic mass is 32.1. The number of rotatable bonds is 7. The Morgan fingerprint density at radius 1 is 1.17 bits per heavy atom. The molecule has 0 unspecified atom stereocenters. The van der Waals surface area contributed by atoms with Gasteiger partial charge in [-0.3, -0.25) is 14.8 Å². The molecule has 0 spiro atoms. The quantitative estimate of drug-likeness (QED) is 0.411. The summed E-state index contributed by atoms with van der Waals surface area (Å²) in [7, 11) is 0. The minimum absolute atomic E-state index is 0.164. The molecule has 0 bridgehead atoms. The van der Waals surface area contributed by atoms with Gasteiger partial charge < -0.3 is 4.74 Å². The lowest BCUT2D eigenvalue weighted by Crippen LogP contribution is -2.09. The molecule has 1 N–H and O–H groups in total. The average molecular weight is 439 g/mol. The van der Waals surface area contributed by atoms with Crippen LogP contribution in [0.1, 0.15) is 33.3 Å². The van der Waals surface area contributed by atoms with Crippen molar-refractivity contribution < 1.29 is 9.53 Å². The highest BCUT2D eigenvalue weighted by Crippen LogP contribution is 2.26. The van der Waals surface area contributed by atoms with E-state index in [0.29, 0.717) is 16.6 Å². The lowest BCUT2D eigenvalue weighted by molar-refractivity contribution is 0.103. The Hall–Kier alpha value is -2.97. The predicted octanol–water partition coefficient (Wildman–Crippen LogP) is 5.54. The van der Waals surface area contributed by atoms with Crippen LogP contribution in [0.3, 0.4) is 0 Å². The Kier molecular flexibility index (Phi) is 5.96. The summed E-state index contributed by atoms with van der Waals surface area (Å²) in [4.78, 5) is 17.7. The van der Waals surface area contributed by atoms with Crippen molar-refractivity contribution in [3.63, 3.8) is 0 Å². The summed E-state index contributed by atoms with van der Waals surface area (Å²) < 4.78 is 7.71. The summed E-state index contributed by atoms with van der Waals surface area (Å²) in [5, 5.41) is 11.6. The Bertz CT molecular complexity index is 1180. The number of ether oxygens (including phenoxy) is 1. The van der Waals surface area contributed by atoms with Crippen LogP contribution in [-0.4, -0.2) is 20.7 Å². The Balaban J connectivity index is 1.36. The maximum absolute atomic E-state index is 12.6. The van der Waals surface area contributed by atoms with Crippen LogP contribution in [0.5, 0.6) is 5.75 Å². The minimum atomic E-state index is -0.164. The Labute approximate surface area is 183 Å².